The number of carboxylic acid groups (broad SMARTS) is 1. The van der Waals surface area contributed by atoms with E-state index in [0.717, 1.165) is 16.2 Å². The van der Waals surface area contributed by atoms with Gasteiger partial charge in [0.15, 0.2) is 0 Å². The number of hydrogen-bond donors (Lipinski definition) is 3. The first kappa shape index (κ1) is 14.3. The lowest BCUT2D eigenvalue weighted by atomic mass is 10.2. The number of amides is 2. The van der Waals surface area contributed by atoms with Crippen molar-refractivity contribution in [1.29, 1.82) is 0 Å². The molecule has 1 saturated heterocycles. The molecule has 2 rings (SSSR count). The highest BCUT2D eigenvalue weighted by Crippen LogP contribution is 2.18. The maximum atomic E-state index is 12.0. The van der Waals surface area contributed by atoms with E-state index in [1.54, 1.807) is 17.9 Å². The minimum Gasteiger partial charge on any atom is -0.480 e. The molecule has 0 bridgehead atoms. The molecule has 20 heavy (non-hydrogen) atoms. The van der Waals surface area contributed by atoms with E-state index in [9.17, 15) is 14.7 Å². The molecule has 0 spiro atoms. The van der Waals surface area contributed by atoms with Crippen LogP contribution in [0.1, 0.15) is 17.7 Å². The minimum absolute atomic E-state index is 0.0365. The second-order valence-corrected chi connectivity index (χ2v) is 4.97. The van der Waals surface area contributed by atoms with Crippen LogP contribution in [0.25, 0.3) is 0 Å². The number of β-amino-alcohol motifs (C(OH)–C–C–N with tert-alkyl or cyclic N) is 1. The maximum Gasteiger partial charge on any atom is 0.326 e. The van der Waals surface area contributed by atoms with Gasteiger partial charge in [-0.05, 0) is 6.92 Å². The summed E-state index contributed by atoms with van der Waals surface area (Å²) in [6, 6.07) is -1.46. The van der Waals surface area contributed by atoms with Gasteiger partial charge in [0.1, 0.15) is 6.04 Å². The fourth-order valence-electron chi connectivity index (χ4n) is 2.37. The molecule has 0 radical (unpaired) electrons. The summed E-state index contributed by atoms with van der Waals surface area (Å²) in [4.78, 5) is 24.2. The Morgan fingerprint density at radius 1 is 1.55 bits per heavy atom. The van der Waals surface area contributed by atoms with Crippen LogP contribution in [0.15, 0.2) is 6.20 Å². The zero-order valence-electron chi connectivity index (χ0n) is 11.4. The van der Waals surface area contributed by atoms with Crippen molar-refractivity contribution in [3.05, 3.63) is 17.5 Å². The first-order valence-corrected chi connectivity index (χ1v) is 6.33. The van der Waals surface area contributed by atoms with Gasteiger partial charge in [0.05, 0.1) is 11.8 Å². The smallest absolute Gasteiger partial charge is 0.326 e. The molecule has 1 aliphatic heterocycles. The summed E-state index contributed by atoms with van der Waals surface area (Å²) in [7, 11) is 1.79. The molecule has 0 aromatic carbocycles. The van der Waals surface area contributed by atoms with Crippen molar-refractivity contribution in [1.82, 2.24) is 20.0 Å². The van der Waals surface area contributed by atoms with Gasteiger partial charge >= 0.3 is 12.0 Å². The molecule has 1 aromatic heterocycles. The number of urea groups is 1. The maximum absolute atomic E-state index is 12.0. The lowest BCUT2D eigenvalue weighted by Crippen LogP contribution is -2.46. The highest BCUT2D eigenvalue weighted by atomic mass is 16.4. The van der Waals surface area contributed by atoms with Gasteiger partial charge in [0, 0.05) is 38.3 Å². The van der Waals surface area contributed by atoms with Crippen LogP contribution >= 0.6 is 0 Å². The Balaban J connectivity index is 1.97. The van der Waals surface area contributed by atoms with Crippen molar-refractivity contribution in [3.63, 3.8) is 0 Å². The summed E-state index contributed by atoms with van der Waals surface area (Å²) < 4.78 is 1.65. The predicted molar refractivity (Wildman–Crippen MR) is 68.9 cm³/mol. The molecule has 2 atom stereocenters. The van der Waals surface area contributed by atoms with Crippen LogP contribution in [0.5, 0.6) is 0 Å². The van der Waals surface area contributed by atoms with Crippen LogP contribution in [-0.2, 0) is 18.4 Å². The number of aliphatic hydroxyl groups is 1. The van der Waals surface area contributed by atoms with Crippen LogP contribution < -0.4 is 5.32 Å². The first-order chi connectivity index (χ1) is 9.38. The standard InChI is InChI=1S/C12H18N4O4/c1-7-8(5-15(2)14-7)4-13-12(20)16-6-9(17)3-10(16)11(18)19/h5,9-10,17H,3-4,6H2,1-2H3,(H,13,20)(H,18,19)/t9-,10-/m1/s1. The van der Waals surface area contributed by atoms with Crippen LogP contribution in [-0.4, -0.2) is 55.6 Å². The van der Waals surface area contributed by atoms with E-state index in [-0.39, 0.29) is 19.5 Å². The van der Waals surface area contributed by atoms with Gasteiger partial charge in [-0.25, -0.2) is 9.59 Å². The molecule has 8 nitrogen and oxygen atoms in total. The Labute approximate surface area is 116 Å². The monoisotopic (exact) mass is 282 g/mol. The second-order valence-electron chi connectivity index (χ2n) is 4.97. The first-order valence-electron chi connectivity index (χ1n) is 6.33. The number of aryl methyl sites for hydroxylation is 2. The number of nitrogens with zero attached hydrogens (tertiary/aromatic N) is 3. The molecule has 3 N–H and O–H groups in total. The third kappa shape index (κ3) is 2.90. The SMILES string of the molecule is Cc1nn(C)cc1CNC(=O)N1C[C@H](O)C[C@@H]1C(=O)O. The zero-order chi connectivity index (χ0) is 14.9. The number of aliphatic hydroxyl groups excluding tert-OH is 1. The van der Waals surface area contributed by atoms with E-state index in [1.807, 2.05) is 6.92 Å². The van der Waals surface area contributed by atoms with Crippen molar-refractivity contribution in [2.24, 2.45) is 7.05 Å². The Kier molecular flexibility index (Phi) is 3.93. The summed E-state index contributed by atoms with van der Waals surface area (Å²) in [5, 5.41) is 25.4. The third-order valence-electron chi connectivity index (χ3n) is 3.37. The highest BCUT2D eigenvalue weighted by Gasteiger charge is 2.38. The van der Waals surface area contributed by atoms with Gasteiger partial charge in [-0.15, -0.1) is 0 Å². The van der Waals surface area contributed by atoms with Gasteiger partial charge in [0.2, 0.25) is 0 Å². The van der Waals surface area contributed by atoms with Crippen LogP contribution in [0.2, 0.25) is 0 Å². The number of rotatable bonds is 3. The summed E-state index contributed by atoms with van der Waals surface area (Å²) in [6.45, 7) is 2.15. The van der Waals surface area contributed by atoms with E-state index in [4.69, 9.17) is 5.11 Å². The Morgan fingerprint density at radius 2 is 2.25 bits per heavy atom. The van der Waals surface area contributed by atoms with E-state index < -0.39 is 24.1 Å². The lowest BCUT2D eigenvalue weighted by Gasteiger charge is -2.21. The quantitative estimate of drug-likeness (QED) is 0.690. The highest BCUT2D eigenvalue weighted by molar-refractivity contribution is 5.83. The van der Waals surface area contributed by atoms with E-state index in [1.165, 1.54) is 0 Å². The molecule has 110 valence electrons. The molecular weight excluding hydrogens is 264 g/mol. The number of aliphatic carboxylic acids is 1. The van der Waals surface area contributed by atoms with Gasteiger partial charge in [0.25, 0.3) is 0 Å². The van der Waals surface area contributed by atoms with Crippen molar-refractivity contribution >= 4 is 12.0 Å². The Morgan fingerprint density at radius 3 is 2.80 bits per heavy atom. The van der Waals surface area contributed by atoms with Crippen molar-refractivity contribution in [2.45, 2.75) is 32.0 Å². The van der Waals surface area contributed by atoms with E-state index in [2.05, 4.69) is 10.4 Å². The normalized spacial score (nSPS) is 22.1. The number of carboxylic acids is 1. The largest absolute Gasteiger partial charge is 0.480 e. The molecule has 0 aliphatic carbocycles. The molecule has 0 unspecified atom stereocenters. The molecule has 0 saturated carbocycles. The number of carbonyl (C=O) groups excluding carboxylic acids is 1. The van der Waals surface area contributed by atoms with Gasteiger partial charge in [-0.1, -0.05) is 0 Å². The number of aromatic nitrogens is 2. The summed E-state index contributed by atoms with van der Waals surface area (Å²) in [5.74, 6) is -1.10. The fraction of sp³-hybridized carbons (Fsp3) is 0.583. The second kappa shape index (κ2) is 5.49. The zero-order valence-corrected chi connectivity index (χ0v) is 11.4. The van der Waals surface area contributed by atoms with Crippen LogP contribution in [0.4, 0.5) is 4.79 Å². The lowest BCUT2D eigenvalue weighted by molar-refractivity contribution is -0.141. The number of likely N-dealkylation sites (tertiary alicyclic amines) is 1. The van der Waals surface area contributed by atoms with E-state index in [0.29, 0.717) is 0 Å². The average molecular weight is 282 g/mol. The minimum atomic E-state index is -1.10. The predicted octanol–water partition coefficient (Wildman–Crippen LogP) is -0.542. The molecular formula is C12H18N4O4. The van der Waals surface area contributed by atoms with Crippen LogP contribution in [0.3, 0.4) is 0 Å². The number of hydrogen-bond acceptors (Lipinski definition) is 4. The third-order valence-corrected chi connectivity index (χ3v) is 3.37. The van der Waals surface area contributed by atoms with Crippen LogP contribution in [0, 0.1) is 6.92 Å². The van der Waals surface area contributed by atoms with Crippen molar-refractivity contribution in [2.75, 3.05) is 6.54 Å². The van der Waals surface area contributed by atoms with Gasteiger partial charge in [-0.2, -0.15) is 5.10 Å². The molecule has 2 amide bonds. The summed E-state index contributed by atoms with van der Waals surface area (Å²) >= 11 is 0. The van der Waals surface area contributed by atoms with Crippen molar-refractivity contribution in [3.8, 4) is 0 Å². The summed E-state index contributed by atoms with van der Waals surface area (Å²) in [5.41, 5.74) is 1.68. The van der Waals surface area contributed by atoms with E-state index >= 15 is 0 Å². The topological polar surface area (TPSA) is 108 Å². The molecule has 8 heteroatoms. The fourth-order valence-corrected chi connectivity index (χ4v) is 2.37. The van der Waals surface area contributed by atoms with Gasteiger partial charge in [-0.3, -0.25) is 4.68 Å². The van der Waals surface area contributed by atoms with Crippen molar-refractivity contribution < 1.29 is 19.8 Å². The molecule has 1 aromatic rings. The molecule has 1 aliphatic rings. The Bertz CT molecular complexity index is 528. The Hall–Kier alpha value is -2.09. The molecule has 2 heterocycles. The summed E-state index contributed by atoms with van der Waals surface area (Å²) in [6.07, 6.45) is 1.07. The number of carbonyl (C=O) groups is 2. The molecule has 1 fully saturated rings. The average Bonchev–Trinajstić information content (AvgIpc) is 2.89. The van der Waals surface area contributed by atoms with Gasteiger partial charge < -0.3 is 20.4 Å². The number of nitrogens with one attached hydrogen (secondary N) is 1.